The lowest BCUT2D eigenvalue weighted by atomic mass is 9.44. The number of aliphatic hydroxyl groups excluding tert-OH is 1. The molecule has 0 heterocycles. The smallest absolute Gasteiger partial charge is 0.161 e. The molecule has 4 aliphatic carbocycles. The van der Waals surface area contributed by atoms with E-state index in [-0.39, 0.29) is 40.8 Å². The molecule has 4 aliphatic rings. The van der Waals surface area contributed by atoms with Gasteiger partial charge in [-0.25, -0.2) is 0 Å². The number of ketones is 2. The summed E-state index contributed by atoms with van der Waals surface area (Å²) in [5.41, 5.74) is -1.95. The fourth-order valence-corrected chi connectivity index (χ4v) is 7.63. The first-order valence-corrected chi connectivity index (χ1v) is 10.1. The molecular formula is C21H32O4. The van der Waals surface area contributed by atoms with Gasteiger partial charge in [0.25, 0.3) is 0 Å². The Hall–Kier alpha value is -0.740. The molecule has 140 valence electrons. The van der Waals surface area contributed by atoms with E-state index in [1.165, 1.54) is 6.92 Å². The summed E-state index contributed by atoms with van der Waals surface area (Å²) in [4.78, 5) is 25.6. The van der Waals surface area contributed by atoms with E-state index in [0.29, 0.717) is 18.8 Å². The SMILES string of the molecule is CC(=O)[C@@]1(O)CC[C@H]2[C@@H]3CC[C@H]4C[C@H](O)CC[C@]4(C)[C@@H]3C(=O)C[C@@]21C. The van der Waals surface area contributed by atoms with E-state index in [1.54, 1.807) is 0 Å². The first-order valence-electron chi connectivity index (χ1n) is 10.1. The highest BCUT2D eigenvalue weighted by Crippen LogP contribution is 2.67. The van der Waals surface area contributed by atoms with Gasteiger partial charge in [-0.05, 0) is 75.0 Å². The second kappa shape index (κ2) is 5.39. The molecule has 0 unspecified atom stereocenters. The van der Waals surface area contributed by atoms with Crippen LogP contribution in [0.25, 0.3) is 0 Å². The molecule has 25 heavy (non-hydrogen) atoms. The summed E-state index contributed by atoms with van der Waals surface area (Å²) in [6, 6.07) is 0. The Balaban J connectivity index is 1.71. The van der Waals surface area contributed by atoms with Crippen molar-refractivity contribution in [3.05, 3.63) is 0 Å². The molecule has 0 radical (unpaired) electrons. The Labute approximate surface area is 150 Å². The monoisotopic (exact) mass is 348 g/mol. The maximum absolute atomic E-state index is 13.3. The first-order chi connectivity index (χ1) is 11.6. The summed E-state index contributed by atoms with van der Waals surface area (Å²) in [5, 5.41) is 21.2. The van der Waals surface area contributed by atoms with E-state index in [4.69, 9.17) is 0 Å². The standard InChI is InChI=1S/C21H32O4/c1-12(22)21(25)9-7-16-15-5-4-13-10-14(23)6-8-19(13,2)18(15)17(24)11-20(16,21)3/h13-16,18,23,25H,4-11H2,1-3H3/t13-,14+,15-,16-,18-,19-,20-,21-/m0/s1. The van der Waals surface area contributed by atoms with Crippen LogP contribution in [0.2, 0.25) is 0 Å². The van der Waals surface area contributed by atoms with Crippen molar-refractivity contribution in [3.8, 4) is 0 Å². The maximum atomic E-state index is 13.3. The van der Waals surface area contributed by atoms with Gasteiger partial charge in [0.05, 0.1) is 6.10 Å². The molecule has 0 spiro atoms. The van der Waals surface area contributed by atoms with Crippen LogP contribution in [0.3, 0.4) is 0 Å². The second-order valence-electron chi connectivity index (χ2n) is 9.97. The topological polar surface area (TPSA) is 74.6 Å². The maximum Gasteiger partial charge on any atom is 0.161 e. The number of rotatable bonds is 1. The molecule has 0 aliphatic heterocycles. The van der Waals surface area contributed by atoms with Crippen LogP contribution in [0.15, 0.2) is 0 Å². The highest BCUT2D eigenvalue weighted by Gasteiger charge is 2.68. The van der Waals surface area contributed by atoms with Gasteiger partial charge >= 0.3 is 0 Å². The molecule has 4 saturated carbocycles. The number of Topliss-reactive ketones (excluding diaryl/α,β-unsaturated/α-hetero) is 2. The fourth-order valence-electron chi connectivity index (χ4n) is 7.63. The number of fused-ring (bicyclic) bond motifs is 5. The number of hydrogen-bond acceptors (Lipinski definition) is 4. The van der Waals surface area contributed by atoms with Crippen molar-refractivity contribution >= 4 is 11.6 Å². The largest absolute Gasteiger partial charge is 0.393 e. The molecule has 4 rings (SSSR count). The number of carbonyl (C=O) groups excluding carboxylic acids is 2. The van der Waals surface area contributed by atoms with E-state index in [1.807, 2.05) is 6.92 Å². The highest BCUT2D eigenvalue weighted by molar-refractivity contribution is 5.90. The third-order valence-corrected chi connectivity index (χ3v) is 9.06. The van der Waals surface area contributed by atoms with Crippen molar-refractivity contribution in [2.75, 3.05) is 0 Å². The Morgan fingerprint density at radius 2 is 1.84 bits per heavy atom. The summed E-state index contributed by atoms with van der Waals surface area (Å²) in [6.07, 6.45) is 6.07. The summed E-state index contributed by atoms with van der Waals surface area (Å²) in [7, 11) is 0. The number of aliphatic hydroxyl groups is 2. The minimum absolute atomic E-state index is 0.0164. The van der Waals surface area contributed by atoms with Gasteiger partial charge < -0.3 is 10.2 Å². The lowest BCUT2D eigenvalue weighted by Gasteiger charge is -2.60. The van der Waals surface area contributed by atoms with Gasteiger partial charge in [0.1, 0.15) is 11.4 Å². The molecule has 0 aromatic heterocycles. The van der Waals surface area contributed by atoms with Crippen molar-refractivity contribution in [1.29, 1.82) is 0 Å². The van der Waals surface area contributed by atoms with Crippen LogP contribution in [0.1, 0.15) is 72.1 Å². The quantitative estimate of drug-likeness (QED) is 0.764. The first kappa shape index (κ1) is 17.7. The number of hydrogen-bond donors (Lipinski definition) is 2. The van der Waals surface area contributed by atoms with E-state index >= 15 is 0 Å². The molecule has 4 heteroatoms. The third kappa shape index (κ3) is 2.13. The normalized spacial score (nSPS) is 55.2. The highest BCUT2D eigenvalue weighted by atomic mass is 16.3. The zero-order chi connectivity index (χ0) is 18.2. The lowest BCUT2D eigenvalue weighted by Crippen LogP contribution is -2.61. The Kier molecular flexibility index (Phi) is 3.81. The van der Waals surface area contributed by atoms with Crippen molar-refractivity contribution in [2.24, 2.45) is 34.5 Å². The third-order valence-electron chi connectivity index (χ3n) is 9.06. The summed E-state index contributed by atoms with van der Waals surface area (Å²) >= 11 is 0. The van der Waals surface area contributed by atoms with E-state index in [0.717, 1.165) is 38.5 Å². The molecular weight excluding hydrogens is 316 g/mol. The molecule has 2 N–H and O–H groups in total. The summed E-state index contributed by atoms with van der Waals surface area (Å²) in [6.45, 7) is 5.73. The van der Waals surface area contributed by atoms with Gasteiger partial charge in [0.15, 0.2) is 5.78 Å². The zero-order valence-electron chi connectivity index (χ0n) is 15.8. The van der Waals surface area contributed by atoms with E-state index < -0.39 is 11.0 Å². The van der Waals surface area contributed by atoms with Crippen LogP contribution in [0, 0.1) is 34.5 Å². The Morgan fingerprint density at radius 3 is 2.52 bits per heavy atom. The van der Waals surface area contributed by atoms with Crippen molar-refractivity contribution in [2.45, 2.75) is 83.8 Å². The molecule has 4 fully saturated rings. The number of carbonyl (C=O) groups is 2. The average Bonchev–Trinajstić information content (AvgIpc) is 2.80. The van der Waals surface area contributed by atoms with Crippen LogP contribution in [0.5, 0.6) is 0 Å². The molecule has 4 nitrogen and oxygen atoms in total. The predicted octanol–water partition coefficient (Wildman–Crippen LogP) is 2.89. The predicted molar refractivity (Wildman–Crippen MR) is 93.8 cm³/mol. The van der Waals surface area contributed by atoms with Gasteiger partial charge in [-0.2, -0.15) is 0 Å². The van der Waals surface area contributed by atoms with Gasteiger partial charge in [-0.1, -0.05) is 13.8 Å². The molecule has 0 aromatic carbocycles. The Bertz CT molecular complexity index is 615. The van der Waals surface area contributed by atoms with E-state index in [9.17, 15) is 19.8 Å². The average molecular weight is 348 g/mol. The zero-order valence-corrected chi connectivity index (χ0v) is 15.8. The van der Waals surface area contributed by atoms with Gasteiger partial charge in [-0.3, -0.25) is 9.59 Å². The van der Waals surface area contributed by atoms with Crippen LogP contribution in [-0.4, -0.2) is 33.5 Å². The van der Waals surface area contributed by atoms with Crippen LogP contribution >= 0.6 is 0 Å². The van der Waals surface area contributed by atoms with Crippen LogP contribution in [0.4, 0.5) is 0 Å². The Morgan fingerprint density at radius 1 is 1.12 bits per heavy atom. The van der Waals surface area contributed by atoms with Gasteiger partial charge in [0, 0.05) is 17.8 Å². The minimum atomic E-state index is -1.33. The lowest BCUT2D eigenvalue weighted by molar-refractivity contribution is -0.178. The fraction of sp³-hybridized carbons (Fsp3) is 0.905. The van der Waals surface area contributed by atoms with Crippen molar-refractivity contribution < 1.29 is 19.8 Å². The molecule has 8 atom stereocenters. The molecule has 0 bridgehead atoms. The second-order valence-corrected chi connectivity index (χ2v) is 9.97. The van der Waals surface area contributed by atoms with Crippen LogP contribution in [-0.2, 0) is 9.59 Å². The minimum Gasteiger partial charge on any atom is -0.393 e. The summed E-state index contributed by atoms with van der Waals surface area (Å²) in [5.74, 6) is 1.10. The van der Waals surface area contributed by atoms with Gasteiger partial charge in [-0.15, -0.1) is 0 Å². The summed E-state index contributed by atoms with van der Waals surface area (Å²) < 4.78 is 0. The molecule has 0 aromatic rings. The molecule has 0 amide bonds. The van der Waals surface area contributed by atoms with Crippen molar-refractivity contribution in [3.63, 3.8) is 0 Å². The van der Waals surface area contributed by atoms with Crippen LogP contribution < -0.4 is 0 Å². The molecule has 0 saturated heterocycles. The van der Waals surface area contributed by atoms with Crippen molar-refractivity contribution in [1.82, 2.24) is 0 Å². The van der Waals surface area contributed by atoms with E-state index in [2.05, 4.69) is 6.92 Å². The van der Waals surface area contributed by atoms with Gasteiger partial charge in [0.2, 0.25) is 0 Å².